The van der Waals surface area contributed by atoms with E-state index in [1.54, 1.807) is 0 Å². The lowest BCUT2D eigenvalue weighted by atomic mass is 9.76. The molecule has 1 aromatic carbocycles. The molecule has 0 spiro atoms. The van der Waals surface area contributed by atoms with Gasteiger partial charge in [0.05, 0.1) is 11.4 Å². The number of fused-ring (bicyclic) bond motifs is 1. The molecule has 1 aliphatic rings. The van der Waals surface area contributed by atoms with Crippen LogP contribution in [-0.4, -0.2) is 24.4 Å². The quantitative estimate of drug-likeness (QED) is 0.853. The molecule has 1 atom stereocenters. The highest BCUT2D eigenvalue weighted by molar-refractivity contribution is 7.85. The van der Waals surface area contributed by atoms with Gasteiger partial charge in [-0.2, -0.15) is 8.42 Å². The van der Waals surface area contributed by atoms with Gasteiger partial charge in [0.15, 0.2) is 0 Å². The zero-order valence-electron chi connectivity index (χ0n) is 10.5. The molecule has 1 unspecified atom stereocenters. The fourth-order valence-electron chi connectivity index (χ4n) is 2.46. The summed E-state index contributed by atoms with van der Waals surface area (Å²) in [7, 11) is -3.88. The first-order valence-corrected chi connectivity index (χ1v) is 7.54. The molecule has 2 rings (SSSR count). The van der Waals surface area contributed by atoms with E-state index in [1.165, 1.54) is 0 Å². The highest BCUT2D eigenvalue weighted by atomic mass is 32.2. The molecule has 98 valence electrons. The van der Waals surface area contributed by atoms with E-state index in [1.807, 2.05) is 31.2 Å². The van der Waals surface area contributed by atoms with Gasteiger partial charge in [-0.3, -0.25) is 9.55 Å². The van der Waals surface area contributed by atoms with Crippen molar-refractivity contribution in [2.75, 3.05) is 5.75 Å². The maximum absolute atomic E-state index is 10.8. The largest absolute Gasteiger partial charge is 0.286 e. The molecule has 1 heterocycles. The molecule has 0 aromatic heterocycles. The lowest BCUT2D eigenvalue weighted by Crippen LogP contribution is -2.28. The smallest absolute Gasteiger partial charge is 0.264 e. The van der Waals surface area contributed by atoms with Gasteiger partial charge in [0.25, 0.3) is 10.1 Å². The Morgan fingerprint density at radius 1 is 1.33 bits per heavy atom. The number of nitrogens with zero attached hydrogens (tertiary/aromatic N) is 1. The third kappa shape index (κ3) is 2.47. The van der Waals surface area contributed by atoms with Gasteiger partial charge in [0.1, 0.15) is 0 Å². The van der Waals surface area contributed by atoms with E-state index < -0.39 is 10.1 Å². The maximum atomic E-state index is 10.8. The van der Waals surface area contributed by atoms with Gasteiger partial charge >= 0.3 is 0 Å². The second-order valence-electron chi connectivity index (χ2n) is 4.94. The average molecular weight is 267 g/mol. The Hall–Kier alpha value is -1.20. The predicted octanol–water partition coefficient (Wildman–Crippen LogP) is 2.72. The lowest BCUT2D eigenvalue weighted by molar-refractivity contribution is 0.475. The van der Waals surface area contributed by atoms with Crippen molar-refractivity contribution >= 4 is 21.5 Å². The molecule has 0 amide bonds. The average Bonchev–Trinajstić information content (AvgIpc) is 2.51. The topological polar surface area (TPSA) is 66.7 Å². The fraction of sp³-hybridized carbons (Fsp3) is 0.462. The van der Waals surface area contributed by atoms with Crippen LogP contribution in [0, 0.1) is 0 Å². The van der Waals surface area contributed by atoms with Crippen molar-refractivity contribution in [1.29, 1.82) is 0 Å². The Balaban J connectivity index is 2.19. The van der Waals surface area contributed by atoms with E-state index in [0.717, 1.165) is 17.0 Å². The van der Waals surface area contributed by atoms with Crippen LogP contribution in [0.25, 0.3) is 0 Å². The highest BCUT2D eigenvalue weighted by Gasteiger charge is 2.36. The van der Waals surface area contributed by atoms with Gasteiger partial charge in [-0.15, -0.1) is 0 Å². The Bertz CT molecular complexity index is 592. The standard InChI is InChI=1S/C13H17NO3S/c1-10-13(2,8-5-9-18(15,16)17)11-6-3-4-7-12(11)14-10/h3-4,6-7H,5,8-9H2,1-2H3,(H,15,16,17). The number of hydrogen-bond acceptors (Lipinski definition) is 3. The number of hydrogen-bond donors (Lipinski definition) is 1. The minimum atomic E-state index is -3.88. The van der Waals surface area contributed by atoms with Crippen LogP contribution in [0.2, 0.25) is 0 Å². The second kappa shape index (κ2) is 4.48. The lowest BCUT2D eigenvalue weighted by Gasteiger charge is -2.25. The maximum Gasteiger partial charge on any atom is 0.264 e. The van der Waals surface area contributed by atoms with Crippen molar-refractivity contribution in [3.63, 3.8) is 0 Å². The number of aliphatic imine (C=N–C) groups is 1. The Morgan fingerprint density at radius 3 is 2.67 bits per heavy atom. The third-order valence-corrected chi connectivity index (χ3v) is 4.47. The molecule has 4 nitrogen and oxygen atoms in total. The van der Waals surface area contributed by atoms with E-state index in [0.29, 0.717) is 12.8 Å². The first-order chi connectivity index (χ1) is 8.33. The van der Waals surface area contributed by atoms with E-state index in [4.69, 9.17) is 4.55 Å². The summed E-state index contributed by atoms with van der Waals surface area (Å²) in [6, 6.07) is 7.91. The summed E-state index contributed by atoms with van der Waals surface area (Å²) >= 11 is 0. The second-order valence-corrected chi connectivity index (χ2v) is 6.51. The van der Waals surface area contributed by atoms with Crippen molar-refractivity contribution in [3.8, 4) is 0 Å². The predicted molar refractivity (Wildman–Crippen MR) is 72.2 cm³/mol. The number of para-hydroxylation sites is 1. The summed E-state index contributed by atoms with van der Waals surface area (Å²) in [6.07, 6.45) is 1.09. The van der Waals surface area contributed by atoms with Gasteiger partial charge in [-0.25, -0.2) is 0 Å². The number of rotatable bonds is 4. The van der Waals surface area contributed by atoms with Crippen LogP contribution in [0.4, 0.5) is 5.69 Å². The van der Waals surface area contributed by atoms with Gasteiger partial charge in [-0.05, 0) is 31.4 Å². The summed E-state index contributed by atoms with van der Waals surface area (Å²) in [5.74, 6) is -0.196. The Kier molecular flexibility index (Phi) is 3.29. The summed E-state index contributed by atoms with van der Waals surface area (Å²) in [5.41, 5.74) is 2.88. The fourth-order valence-corrected chi connectivity index (χ4v) is 2.97. The molecule has 0 saturated heterocycles. The molecular formula is C13H17NO3S. The molecule has 1 N–H and O–H groups in total. The molecular weight excluding hydrogens is 250 g/mol. The Morgan fingerprint density at radius 2 is 2.00 bits per heavy atom. The van der Waals surface area contributed by atoms with E-state index in [-0.39, 0.29) is 11.2 Å². The SMILES string of the molecule is CC1=Nc2ccccc2C1(C)CCCS(=O)(=O)O. The van der Waals surface area contributed by atoms with Crippen LogP contribution in [0.1, 0.15) is 32.3 Å². The van der Waals surface area contributed by atoms with Crippen molar-refractivity contribution < 1.29 is 13.0 Å². The van der Waals surface area contributed by atoms with Crippen LogP contribution in [-0.2, 0) is 15.5 Å². The molecule has 0 saturated carbocycles. The Labute approximate surface area is 108 Å². The molecule has 5 heteroatoms. The van der Waals surface area contributed by atoms with Gasteiger partial charge in [0, 0.05) is 11.1 Å². The van der Waals surface area contributed by atoms with Crippen molar-refractivity contribution in [1.82, 2.24) is 0 Å². The molecule has 0 fully saturated rings. The third-order valence-electron chi connectivity index (χ3n) is 3.66. The zero-order valence-corrected chi connectivity index (χ0v) is 11.4. The zero-order chi connectivity index (χ0) is 13.4. The minimum absolute atomic E-state index is 0.196. The van der Waals surface area contributed by atoms with Gasteiger partial charge in [-0.1, -0.05) is 25.1 Å². The van der Waals surface area contributed by atoms with Gasteiger partial charge in [0.2, 0.25) is 0 Å². The molecule has 1 aliphatic heterocycles. The van der Waals surface area contributed by atoms with E-state index in [2.05, 4.69) is 11.9 Å². The summed E-state index contributed by atoms with van der Waals surface area (Å²) in [5, 5.41) is 0. The van der Waals surface area contributed by atoms with E-state index in [9.17, 15) is 8.42 Å². The molecule has 18 heavy (non-hydrogen) atoms. The number of benzene rings is 1. The van der Waals surface area contributed by atoms with Crippen molar-refractivity contribution in [2.24, 2.45) is 4.99 Å². The van der Waals surface area contributed by atoms with E-state index >= 15 is 0 Å². The highest BCUT2D eigenvalue weighted by Crippen LogP contribution is 2.42. The van der Waals surface area contributed by atoms with Crippen molar-refractivity contribution in [3.05, 3.63) is 29.8 Å². The van der Waals surface area contributed by atoms with Crippen LogP contribution in [0.15, 0.2) is 29.3 Å². The minimum Gasteiger partial charge on any atom is -0.286 e. The van der Waals surface area contributed by atoms with Crippen LogP contribution in [0.5, 0.6) is 0 Å². The summed E-state index contributed by atoms with van der Waals surface area (Å²) in [6.45, 7) is 4.04. The molecule has 1 aromatic rings. The first-order valence-electron chi connectivity index (χ1n) is 5.93. The summed E-state index contributed by atoms with van der Waals surface area (Å²) < 4.78 is 30.3. The molecule has 0 radical (unpaired) electrons. The first kappa shape index (κ1) is 13.2. The normalized spacial score (nSPS) is 22.7. The molecule has 0 aliphatic carbocycles. The molecule has 0 bridgehead atoms. The van der Waals surface area contributed by atoms with Crippen LogP contribution in [0.3, 0.4) is 0 Å². The van der Waals surface area contributed by atoms with Crippen molar-refractivity contribution in [2.45, 2.75) is 32.1 Å². The van der Waals surface area contributed by atoms with Crippen LogP contribution >= 0.6 is 0 Å². The summed E-state index contributed by atoms with van der Waals surface area (Å²) in [4.78, 5) is 4.53. The monoisotopic (exact) mass is 267 g/mol. The van der Waals surface area contributed by atoms with Gasteiger partial charge < -0.3 is 0 Å². The van der Waals surface area contributed by atoms with Crippen LogP contribution < -0.4 is 0 Å².